The number of hydrogen-bond donors (Lipinski definition) is 1. The van der Waals surface area contributed by atoms with Gasteiger partial charge in [0.1, 0.15) is 4.32 Å². The Balaban J connectivity index is 2.64. The molecule has 1 N–H and O–H groups in total. The van der Waals surface area contributed by atoms with Crippen molar-refractivity contribution in [1.82, 2.24) is 4.90 Å². The zero-order chi connectivity index (χ0) is 16.0. The highest BCUT2D eigenvalue weighted by Gasteiger charge is 2.18. The van der Waals surface area contributed by atoms with Crippen LogP contribution in [0.15, 0.2) is 18.2 Å². The Hall–Kier alpha value is -0.490. The van der Waals surface area contributed by atoms with Crippen molar-refractivity contribution >= 4 is 63.1 Å². The number of nitrogens with one attached hydrogen (secondary N) is 1. The van der Waals surface area contributed by atoms with Gasteiger partial charge >= 0.3 is 0 Å². The van der Waals surface area contributed by atoms with Crippen LogP contribution in [0.5, 0.6) is 0 Å². The number of benzene rings is 1. The third-order valence-electron chi connectivity index (χ3n) is 2.80. The average Bonchev–Trinajstić information content (AvgIpc) is 2.38. The first kappa shape index (κ1) is 18.6. The van der Waals surface area contributed by atoms with E-state index in [-0.39, 0.29) is 11.2 Å². The minimum absolute atomic E-state index is 0.132. The molecule has 7 heteroatoms. The molecule has 0 fully saturated rings. The molecule has 1 aromatic carbocycles. The summed E-state index contributed by atoms with van der Waals surface area (Å²) in [5.41, 5.74) is 0.582. The highest BCUT2D eigenvalue weighted by molar-refractivity contribution is 8.23. The molecule has 0 saturated heterocycles. The van der Waals surface area contributed by atoms with E-state index in [1.807, 2.05) is 25.7 Å². The van der Waals surface area contributed by atoms with Crippen molar-refractivity contribution in [3.63, 3.8) is 0 Å². The van der Waals surface area contributed by atoms with E-state index in [1.54, 1.807) is 18.2 Å². The molecule has 0 aliphatic carbocycles. The molecule has 0 radical (unpaired) electrons. The second kappa shape index (κ2) is 8.83. The van der Waals surface area contributed by atoms with Gasteiger partial charge in [0.05, 0.1) is 5.25 Å². The number of thiocarbonyl (C=S) groups is 1. The Labute approximate surface area is 145 Å². The Morgan fingerprint density at radius 2 is 1.81 bits per heavy atom. The van der Waals surface area contributed by atoms with Gasteiger partial charge in [-0.3, -0.25) is 4.79 Å². The summed E-state index contributed by atoms with van der Waals surface area (Å²) in [5, 5.41) is 3.47. The number of thioether (sulfide) groups is 1. The van der Waals surface area contributed by atoms with E-state index in [0.717, 1.165) is 17.4 Å². The number of carbonyl (C=O) groups excluding carboxylic acids is 1. The highest BCUT2D eigenvalue weighted by atomic mass is 35.5. The lowest BCUT2D eigenvalue weighted by Crippen LogP contribution is -2.31. The van der Waals surface area contributed by atoms with E-state index in [4.69, 9.17) is 35.4 Å². The van der Waals surface area contributed by atoms with Crippen molar-refractivity contribution < 1.29 is 4.79 Å². The number of rotatable bonds is 5. The summed E-state index contributed by atoms with van der Waals surface area (Å²) in [6.45, 7) is 7.56. The summed E-state index contributed by atoms with van der Waals surface area (Å²) < 4.78 is 0.728. The van der Waals surface area contributed by atoms with Crippen LogP contribution in [-0.2, 0) is 4.79 Å². The topological polar surface area (TPSA) is 32.3 Å². The van der Waals surface area contributed by atoms with Gasteiger partial charge in [0, 0.05) is 28.8 Å². The largest absolute Gasteiger partial charge is 0.358 e. The number of nitrogens with zero attached hydrogens (tertiary/aromatic N) is 1. The van der Waals surface area contributed by atoms with Crippen LogP contribution in [0.25, 0.3) is 0 Å². The van der Waals surface area contributed by atoms with E-state index in [9.17, 15) is 4.79 Å². The van der Waals surface area contributed by atoms with Crippen molar-refractivity contribution in [2.24, 2.45) is 0 Å². The van der Waals surface area contributed by atoms with Crippen molar-refractivity contribution in [3.05, 3.63) is 28.2 Å². The quantitative estimate of drug-likeness (QED) is 0.768. The van der Waals surface area contributed by atoms with Crippen LogP contribution in [0.2, 0.25) is 10.0 Å². The zero-order valence-electron chi connectivity index (χ0n) is 12.2. The van der Waals surface area contributed by atoms with Crippen LogP contribution in [0.3, 0.4) is 0 Å². The van der Waals surface area contributed by atoms with Crippen molar-refractivity contribution in [1.29, 1.82) is 0 Å². The maximum atomic E-state index is 12.2. The van der Waals surface area contributed by atoms with Crippen molar-refractivity contribution in [3.8, 4) is 0 Å². The highest BCUT2D eigenvalue weighted by Crippen LogP contribution is 2.24. The SMILES string of the molecule is CCN(CC)C(=S)SC(C)C(=O)Nc1cc(Cl)cc(Cl)c1. The molecule has 0 bridgehead atoms. The smallest absolute Gasteiger partial charge is 0.237 e. The van der Waals surface area contributed by atoms with Gasteiger partial charge in [-0.05, 0) is 39.0 Å². The van der Waals surface area contributed by atoms with Gasteiger partial charge in [0.25, 0.3) is 0 Å². The normalized spacial score (nSPS) is 11.9. The molecule has 0 saturated carbocycles. The molecule has 0 spiro atoms. The van der Waals surface area contributed by atoms with E-state index in [1.165, 1.54) is 11.8 Å². The van der Waals surface area contributed by atoms with Gasteiger partial charge in [-0.2, -0.15) is 0 Å². The van der Waals surface area contributed by atoms with Gasteiger partial charge in [0.2, 0.25) is 5.91 Å². The minimum atomic E-state index is -0.296. The second-order valence-corrected chi connectivity index (χ2v) is 7.19. The Morgan fingerprint density at radius 1 is 1.29 bits per heavy atom. The summed E-state index contributed by atoms with van der Waals surface area (Å²) >= 11 is 18.5. The maximum absolute atomic E-state index is 12.2. The predicted molar refractivity (Wildman–Crippen MR) is 97.7 cm³/mol. The van der Waals surface area contributed by atoms with Crippen molar-refractivity contribution in [2.75, 3.05) is 18.4 Å². The summed E-state index contributed by atoms with van der Waals surface area (Å²) in [6.07, 6.45) is 0. The first-order valence-electron chi connectivity index (χ1n) is 6.59. The number of anilines is 1. The second-order valence-electron chi connectivity index (χ2n) is 4.35. The first-order chi connectivity index (χ1) is 9.87. The van der Waals surface area contributed by atoms with E-state index >= 15 is 0 Å². The van der Waals surface area contributed by atoms with E-state index in [2.05, 4.69) is 5.32 Å². The minimum Gasteiger partial charge on any atom is -0.358 e. The Bertz CT molecular complexity index is 501. The number of carbonyl (C=O) groups is 1. The molecule has 1 aromatic rings. The van der Waals surface area contributed by atoms with Crippen molar-refractivity contribution in [2.45, 2.75) is 26.0 Å². The molecule has 0 aromatic heterocycles. The lowest BCUT2D eigenvalue weighted by molar-refractivity contribution is -0.115. The van der Waals surface area contributed by atoms with Crippen LogP contribution in [0.1, 0.15) is 20.8 Å². The summed E-state index contributed by atoms with van der Waals surface area (Å²) in [7, 11) is 0. The molecule has 0 aliphatic rings. The molecular weight excluding hydrogens is 347 g/mol. The maximum Gasteiger partial charge on any atom is 0.237 e. The predicted octanol–water partition coefficient (Wildman–Crippen LogP) is 4.68. The fraction of sp³-hybridized carbons (Fsp3) is 0.429. The fourth-order valence-electron chi connectivity index (χ4n) is 1.63. The molecule has 1 amide bonds. The fourth-order valence-corrected chi connectivity index (χ4v) is 3.72. The zero-order valence-corrected chi connectivity index (χ0v) is 15.3. The molecular formula is C14H18Cl2N2OS2. The van der Waals surface area contributed by atoms with Gasteiger partial charge in [-0.15, -0.1) is 0 Å². The van der Waals surface area contributed by atoms with Gasteiger partial charge < -0.3 is 10.2 Å². The standard InChI is InChI=1S/C14H18Cl2N2OS2/c1-4-18(5-2)14(20)21-9(3)13(19)17-12-7-10(15)6-11(16)8-12/h6-9H,4-5H2,1-3H3,(H,17,19). The monoisotopic (exact) mass is 364 g/mol. The summed E-state index contributed by atoms with van der Waals surface area (Å²) in [5.74, 6) is -0.132. The lowest BCUT2D eigenvalue weighted by atomic mass is 10.3. The lowest BCUT2D eigenvalue weighted by Gasteiger charge is -2.22. The number of amides is 1. The third-order valence-corrected chi connectivity index (χ3v) is 4.81. The molecule has 1 atom stereocenters. The third kappa shape index (κ3) is 6.02. The summed E-state index contributed by atoms with van der Waals surface area (Å²) in [4.78, 5) is 14.2. The van der Waals surface area contributed by atoms with Gasteiger partial charge in [0.15, 0.2) is 0 Å². The molecule has 0 aliphatic heterocycles. The molecule has 21 heavy (non-hydrogen) atoms. The summed E-state index contributed by atoms with van der Waals surface area (Å²) in [6, 6.07) is 4.93. The molecule has 116 valence electrons. The van der Waals surface area contributed by atoms with Gasteiger partial charge in [-0.1, -0.05) is 47.2 Å². The molecule has 0 heterocycles. The van der Waals surface area contributed by atoms with Crippen LogP contribution < -0.4 is 5.32 Å². The van der Waals surface area contributed by atoms with Crippen LogP contribution >= 0.6 is 47.2 Å². The first-order valence-corrected chi connectivity index (χ1v) is 8.64. The average molecular weight is 365 g/mol. The Morgan fingerprint density at radius 3 is 2.29 bits per heavy atom. The Kier molecular flexibility index (Phi) is 7.81. The number of hydrogen-bond acceptors (Lipinski definition) is 3. The molecule has 1 unspecified atom stereocenters. The molecule has 3 nitrogen and oxygen atoms in total. The molecule has 1 rings (SSSR count). The van der Waals surface area contributed by atoms with Crippen LogP contribution in [0.4, 0.5) is 5.69 Å². The van der Waals surface area contributed by atoms with E-state index < -0.39 is 0 Å². The van der Waals surface area contributed by atoms with E-state index in [0.29, 0.717) is 15.7 Å². The van der Waals surface area contributed by atoms with Gasteiger partial charge in [-0.25, -0.2) is 0 Å². The number of halogens is 2. The van der Waals surface area contributed by atoms with Crippen LogP contribution in [-0.4, -0.2) is 33.5 Å². The van der Waals surface area contributed by atoms with Crippen LogP contribution in [0, 0.1) is 0 Å².